The summed E-state index contributed by atoms with van der Waals surface area (Å²) in [6.07, 6.45) is 1.10. The van der Waals surface area contributed by atoms with Crippen LogP contribution in [0.15, 0.2) is 60.7 Å². The first-order valence-corrected chi connectivity index (χ1v) is 9.30. The van der Waals surface area contributed by atoms with E-state index in [9.17, 15) is 0 Å². The molecule has 1 heterocycles. The molecule has 0 aromatic heterocycles. The van der Waals surface area contributed by atoms with Crippen LogP contribution in [0.5, 0.6) is 0 Å². The van der Waals surface area contributed by atoms with Gasteiger partial charge in [-0.2, -0.15) is 0 Å². The summed E-state index contributed by atoms with van der Waals surface area (Å²) in [5.74, 6) is 0.682. The zero-order chi connectivity index (χ0) is 17.2. The maximum Gasteiger partial charge on any atom is 0.0602 e. The first-order valence-electron chi connectivity index (χ1n) is 9.30. The lowest BCUT2D eigenvalue weighted by molar-refractivity contribution is -0.000313. The number of hydrogen-bond acceptors (Lipinski definition) is 2. The Morgan fingerprint density at radius 1 is 0.917 bits per heavy atom. The number of rotatable bonds is 7. The summed E-state index contributed by atoms with van der Waals surface area (Å²) in [6, 6.07) is 22.0. The van der Waals surface area contributed by atoms with E-state index in [0.717, 1.165) is 32.7 Å². The van der Waals surface area contributed by atoms with Crippen LogP contribution in [0.25, 0.3) is 0 Å². The Balaban J connectivity index is 0.00000100. The largest absolute Gasteiger partial charge is 0.381 e. The van der Waals surface area contributed by atoms with Crippen LogP contribution in [0.2, 0.25) is 0 Å². The SMILES string of the molecule is CC.CCCOCC1CN(C(c2ccccc2)c2ccccc2)C1. The molecule has 130 valence electrons. The minimum absolute atomic E-state index is 0.366. The Hall–Kier alpha value is -1.64. The fourth-order valence-corrected chi connectivity index (χ4v) is 3.21. The minimum atomic E-state index is 0.366. The highest BCUT2D eigenvalue weighted by Gasteiger charge is 2.33. The fraction of sp³-hybridized carbons (Fsp3) is 0.455. The molecular formula is C22H31NO. The molecule has 0 N–H and O–H groups in total. The van der Waals surface area contributed by atoms with E-state index in [1.807, 2.05) is 13.8 Å². The topological polar surface area (TPSA) is 12.5 Å². The second-order valence-electron chi connectivity index (χ2n) is 6.12. The van der Waals surface area contributed by atoms with E-state index in [1.165, 1.54) is 11.1 Å². The van der Waals surface area contributed by atoms with Crippen molar-refractivity contribution in [2.75, 3.05) is 26.3 Å². The molecule has 24 heavy (non-hydrogen) atoms. The summed E-state index contributed by atoms with van der Waals surface area (Å²) in [5, 5.41) is 0. The standard InChI is InChI=1S/C20H25NO.C2H6/c1-2-13-22-16-17-14-21(15-17)20(18-9-5-3-6-10-18)19-11-7-4-8-12-19;1-2/h3-12,17,20H,2,13-16H2,1H3;1-2H3. The molecule has 2 aromatic carbocycles. The van der Waals surface area contributed by atoms with E-state index in [0.29, 0.717) is 12.0 Å². The smallest absolute Gasteiger partial charge is 0.0602 e. The van der Waals surface area contributed by atoms with Crippen LogP contribution >= 0.6 is 0 Å². The van der Waals surface area contributed by atoms with E-state index in [1.54, 1.807) is 0 Å². The summed E-state index contributed by atoms with van der Waals surface area (Å²) in [5.41, 5.74) is 2.75. The van der Waals surface area contributed by atoms with Crippen LogP contribution in [0.3, 0.4) is 0 Å². The Morgan fingerprint density at radius 3 is 1.88 bits per heavy atom. The molecule has 3 rings (SSSR count). The third-order valence-electron chi connectivity index (χ3n) is 4.28. The third kappa shape index (κ3) is 4.93. The number of hydrogen-bond donors (Lipinski definition) is 0. The Morgan fingerprint density at radius 2 is 1.42 bits per heavy atom. The molecule has 0 bridgehead atoms. The van der Waals surface area contributed by atoms with Gasteiger partial charge in [0.05, 0.1) is 12.6 Å². The molecule has 0 amide bonds. The number of ether oxygens (including phenoxy) is 1. The van der Waals surface area contributed by atoms with Crippen molar-refractivity contribution in [3.63, 3.8) is 0 Å². The molecular weight excluding hydrogens is 294 g/mol. The molecule has 1 aliphatic heterocycles. The minimum Gasteiger partial charge on any atom is -0.381 e. The highest BCUT2D eigenvalue weighted by Crippen LogP contribution is 2.34. The van der Waals surface area contributed by atoms with Gasteiger partial charge in [-0.3, -0.25) is 4.90 Å². The van der Waals surface area contributed by atoms with Crippen molar-refractivity contribution < 1.29 is 4.74 Å². The normalized spacial score (nSPS) is 14.8. The lowest BCUT2D eigenvalue weighted by Gasteiger charge is -2.44. The van der Waals surface area contributed by atoms with Gasteiger partial charge in [-0.05, 0) is 17.5 Å². The van der Waals surface area contributed by atoms with Gasteiger partial charge < -0.3 is 4.74 Å². The molecule has 0 spiro atoms. The number of benzene rings is 2. The first kappa shape index (κ1) is 18.7. The van der Waals surface area contributed by atoms with Crippen molar-refractivity contribution in [2.24, 2.45) is 5.92 Å². The van der Waals surface area contributed by atoms with Gasteiger partial charge in [0.1, 0.15) is 0 Å². The van der Waals surface area contributed by atoms with Gasteiger partial charge in [0.2, 0.25) is 0 Å². The van der Waals surface area contributed by atoms with Crippen LogP contribution in [0.4, 0.5) is 0 Å². The predicted molar refractivity (Wildman–Crippen MR) is 102 cm³/mol. The van der Waals surface area contributed by atoms with Gasteiger partial charge in [-0.1, -0.05) is 81.4 Å². The summed E-state index contributed by atoms with van der Waals surface area (Å²) >= 11 is 0. The van der Waals surface area contributed by atoms with Gasteiger partial charge in [0, 0.05) is 25.6 Å². The lowest BCUT2D eigenvalue weighted by atomic mass is 9.90. The maximum atomic E-state index is 5.70. The molecule has 1 fully saturated rings. The van der Waals surface area contributed by atoms with E-state index in [-0.39, 0.29) is 0 Å². The van der Waals surface area contributed by atoms with Gasteiger partial charge in [-0.15, -0.1) is 0 Å². The van der Waals surface area contributed by atoms with Crippen LogP contribution in [-0.2, 0) is 4.74 Å². The van der Waals surface area contributed by atoms with Gasteiger partial charge >= 0.3 is 0 Å². The second kappa shape index (κ2) is 10.3. The van der Waals surface area contributed by atoms with Crippen LogP contribution in [0.1, 0.15) is 44.4 Å². The third-order valence-corrected chi connectivity index (χ3v) is 4.28. The monoisotopic (exact) mass is 325 g/mol. The van der Waals surface area contributed by atoms with E-state index in [2.05, 4.69) is 72.5 Å². The second-order valence-corrected chi connectivity index (χ2v) is 6.12. The maximum absolute atomic E-state index is 5.70. The molecule has 0 atom stereocenters. The van der Waals surface area contributed by atoms with Crippen molar-refractivity contribution in [1.82, 2.24) is 4.90 Å². The lowest BCUT2D eigenvalue weighted by Crippen LogP contribution is -2.50. The first-order chi connectivity index (χ1) is 11.9. The zero-order valence-corrected chi connectivity index (χ0v) is 15.3. The number of nitrogens with zero attached hydrogens (tertiary/aromatic N) is 1. The summed E-state index contributed by atoms with van der Waals surface area (Å²) in [7, 11) is 0. The molecule has 1 aliphatic rings. The van der Waals surface area contributed by atoms with Crippen molar-refractivity contribution in [1.29, 1.82) is 0 Å². The molecule has 0 saturated carbocycles. The predicted octanol–water partition coefficient (Wildman–Crippen LogP) is 5.16. The summed E-state index contributed by atoms with van der Waals surface area (Å²) in [6.45, 7) is 10.2. The van der Waals surface area contributed by atoms with Crippen molar-refractivity contribution >= 4 is 0 Å². The van der Waals surface area contributed by atoms with Crippen molar-refractivity contribution in [3.05, 3.63) is 71.8 Å². The van der Waals surface area contributed by atoms with E-state index in [4.69, 9.17) is 4.74 Å². The van der Waals surface area contributed by atoms with Crippen molar-refractivity contribution in [3.8, 4) is 0 Å². The number of likely N-dealkylation sites (tertiary alicyclic amines) is 1. The average molecular weight is 325 g/mol. The van der Waals surface area contributed by atoms with E-state index < -0.39 is 0 Å². The molecule has 0 unspecified atom stereocenters. The summed E-state index contributed by atoms with van der Waals surface area (Å²) < 4.78 is 5.70. The van der Waals surface area contributed by atoms with Gasteiger partial charge in [-0.25, -0.2) is 0 Å². The average Bonchev–Trinajstić information content (AvgIpc) is 2.63. The Bertz CT molecular complexity index is 509. The Labute approximate surface area is 147 Å². The molecule has 0 radical (unpaired) electrons. The molecule has 2 aromatic rings. The molecule has 0 aliphatic carbocycles. The van der Waals surface area contributed by atoms with Crippen LogP contribution in [-0.4, -0.2) is 31.2 Å². The molecule has 2 heteroatoms. The fourth-order valence-electron chi connectivity index (χ4n) is 3.21. The van der Waals surface area contributed by atoms with Crippen LogP contribution < -0.4 is 0 Å². The summed E-state index contributed by atoms with van der Waals surface area (Å²) in [4.78, 5) is 2.56. The highest BCUT2D eigenvalue weighted by molar-refractivity contribution is 5.32. The van der Waals surface area contributed by atoms with Gasteiger partial charge in [0.15, 0.2) is 0 Å². The Kier molecular flexibility index (Phi) is 8.00. The van der Waals surface area contributed by atoms with E-state index >= 15 is 0 Å². The van der Waals surface area contributed by atoms with Crippen molar-refractivity contribution in [2.45, 2.75) is 33.2 Å². The highest BCUT2D eigenvalue weighted by atomic mass is 16.5. The van der Waals surface area contributed by atoms with Crippen LogP contribution in [0, 0.1) is 5.92 Å². The van der Waals surface area contributed by atoms with Gasteiger partial charge in [0.25, 0.3) is 0 Å². The molecule has 1 saturated heterocycles. The quantitative estimate of drug-likeness (QED) is 0.652. The zero-order valence-electron chi connectivity index (χ0n) is 15.3. The molecule has 2 nitrogen and oxygen atoms in total.